The Kier molecular flexibility index (Phi) is 4.20. The van der Waals surface area contributed by atoms with Gasteiger partial charge in [0.2, 0.25) is 0 Å². The first-order valence-corrected chi connectivity index (χ1v) is 5.87. The van der Waals surface area contributed by atoms with Gasteiger partial charge in [-0.3, -0.25) is 0 Å². The molecule has 0 radical (unpaired) electrons. The molecular weight excluding hydrogens is 226 g/mol. The molecule has 0 fully saturated rings. The summed E-state index contributed by atoms with van der Waals surface area (Å²) >= 11 is 0. The van der Waals surface area contributed by atoms with E-state index in [2.05, 4.69) is 0 Å². The van der Waals surface area contributed by atoms with E-state index in [1.807, 2.05) is 48.5 Å². The number of nitrogens with two attached hydrogens (primary N) is 1. The quantitative estimate of drug-likeness (QED) is 0.878. The lowest BCUT2D eigenvalue weighted by Crippen LogP contribution is -2.01. The largest absolute Gasteiger partial charge is 0.496 e. The molecule has 2 rings (SSSR count). The fourth-order valence-corrected chi connectivity index (χ4v) is 1.72. The summed E-state index contributed by atoms with van der Waals surface area (Å²) in [6.07, 6.45) is 0. The van der Waals surface area contributed by atoms with Crippen LogP contribution in [-0.2, 0) is 13.2 Å². The third kappa shape index (κ3) is 3.02. The van der Waals surface area contributed by atoms with E-state index in [0.717, 1.165) is 22.6 Å². The molecule has 0 aromatic heterocycles. The second kappa shape index (κ2) is 6.07. The molecule has 2 aromatic rings. The Hall–Kier alpha value is -2.00. The molecule has 94 valence electrons. The number of hydrogen-bond acceptors (Lipinski definition) is 3. The monoisotopic (exact) mass is 243 g/mol. The Morgan fingerprint density at radius 3 is 2.50 bits per heavy atom. The molecule has 0 heterocycles. The lowest BCUT2D eigenvalue weighted by atomic mass is 10.2. The summed E-state index contributed by atoms with van der Waals surface area (Å²) in [4.78, 5) is 0. The predicted octanol–water partition coefficient (Wildman–Crippen LogP) is 2.73. The van der Waals surface area contributed by atoms with Gasteiger partial charge in [-0.2, -0.15) is 0 Å². The highest BCUT2D eigenvalue weighted by atomic mass is 16.5. The molecule has 0 saturated heterocycles. The van der Waals surface area contributed by atoms with Gasteiger partial charge in [0.15, 0.2) is 0 Å². The van der Waals surface area contributed by atoms with Crippen molar-refractivity contribution in [2.45, 2.75) is 13.2 Å². The van der Waals surface area contributed by atoms with E-state index >= 15 is 0 Å². The molecule has 2 N–H and O–H groups in total. The standard InChI is InChI=1S/C15H17NO2/c1-17-15-9-14(8-7-13(15)10-16)18-11-12-5-3-2-4-6-12/h2-9H,10-11,16H2,1H3. The molecule has 0 aliphatic rings. The van der Waals surface area contributed by atoms with Crippen molar-refractivity contribution in [1.82, 2.24) is 0 Å². The lowest BCUT2D eigenvalue weighted by Gasteiger charge is -2.10. The van der Waals surface area contributed by atoms with E-state index in [0.29, 0.717) is 13.2 Å². The highest BCUT2D eigenvalue weighted by molar-refractivity contribution is 5.40. The Morgan fingerprint density at radius 2 is 1.83 bits per heavy atom. The van der Waals surface area contributed by atoms with Crippen LogP contribution in [0.3, 0.4) is 0 Å². The van der Waals surface area contributed by atoms with Gasteiger partial charge in [-0.1, -0.05) is 36.4 Å². The summed E-state index contributed by atoms with van der Waals surface area (Å²) in [6, 6.07) is 15.8. The van der Waals surface area contributed by atoms with Crippen molar-refractivity contribution in [2.24, 2.45) is 5.73 Å². The van der Waals surface area contributed by atoms with Crippen LogP contribution in [0, 0.1) is 0 Å². The zero-order valence-electron chi connectivity index (χ0n) is 10.4. The Labute approximate surface area is 107 Å². The van der Waals surface area contributed by atoms with Crippen LogP contribution in [0.15, 0.2) is 48.5 Å². The van der Waals surface area contributed by atoms with E-state index in [9.17, 15) is 0 Å². The van der Waals surface area contributed by atoms with Crippen LogP contribution in [0.1, 0.15) is 11.1 Å². The van der Waals surface area contributed by atoms with Crippen LogP contribution < -0.4 is 15.2 Å². The van der Waals surface area contributed by atoms with E-state index in [4.69, 9.17) is 15.2 Å². The van der Waals surface area contributed by atoms with Gasteiger partial charge in [0.05, 0.1) is 7.11 Å². The van der Waals surface area contributed by atoms with Crippen molar-refractivity contribution >= 4 is 0 Å². The third-order valence-corrected chi connectivity index (χ3v) is 2.73. The van der Waals surface area contributed by atoms with Crippen LogP contribution in [0.25, 0.3) is 0 Å². The molecular formula is C15H17NO2. The second-order valence-corrected chi connectivity index (χ2v) is 3.95. The third-order valence-electron chi connectivity index (χ3n) is 2.73. The minimum absolute atomic E-state index is 0.460. The van der Waals surface area contributed by atoms with E-state index < -0.39 is 0 Å². The molecule has 0 saturated carbocycles. The zero-order chi connectivity index (χ0) is 12.8. The van der Waals surface area contributed by atoms with Gasteiger partial charge in [0.1, 0.15) is 18.1 Å². The number of benzene rings is 2. The fourth-order valence-electron chi connectivity index (χ4n) is 1.72. The molecule has 0 aliphatic heterocycles. The van der Waals surface area contributed by atoms with Crippen molar-refractivity contribution in [3.05, 3.63) is 59.7 Å². The van der Waals surface area contributed by atoms with Crippen molar-refractivity contribution in [3.63, 3.8) is 0 Å². The minimum Gasteiger partial charge on any atom is -0.496 e. The first-order chi connectivity index (χ1) is 8.83. The maximum Gasteiger partial charge on any atom is 0.127 e. The average molecular weight is 243 g/mol. The predicted molar refractivity (Wildman–Crippen MR) is 71.7 cm³/mol. The normalized spacial score (nSPS) is 10.1. The van der Waals surface area contributed by atoms with Crippen LogP contribution >= 0.6 is 0 Å². The molecule has 0 atom stereocenters. The molecule has 0 amide bonds. The number of ether oxygens (including phenoxy) is 2. The smallest absolute Gasteiger partial charge is 0.127 e. The van der Waals surface area contributed by atoms with Crippen molar-refractivity contribution in [1.29, 1.82) is 0 Å². The van der Waals surface area contributed by atoms with Crippen LogP contribution in [0.5, 0.6) is 11.5 Å². The average Bonchev–Trinajstić information content (AvgIpc) is 2.45. The summed E-state index contributed by atoms with van der Waals surface area (Å²) in [5.74, 6) is 1.55. The molecule has 0 bridgehead atoms. The second-order valence-electron chi connectivity index (χ2n) is 3.95. The van der Waals surface area contributed by atoms with E-state index in [1.54, 1.807) is 7.11 Å². The molecule has 2 aromatic carbocycles. The van der Waals surface area contributed by atoms with Gasteiger partial charge in [-0.25, -0.2) is 0 Å². The summed E-state index contributed by atoms with van der Waals surface area (Å²) in [5, 5.41) is 0. The maximum absolute atomic E-state index is 5.71. The zero-order valence-corrected chi connectivity index (χ0v) is 10.4. The van der Waals surface area contributed by atoms with Crippen LogP contribution in [0.4, 0.5) is 0 Å². The van der Waals surface area contributed by atoms with Gasteiger partial charge in [-0.15, -0.1) is 0 Å². The molecule has 0 aliphatic carbocycles. The van der Waals surface area contributed by atoms with Crippen molar-refractivity contribution < 1.29 is 9.47 Å². The lowest BCUT2D eigenvalue weighted by molar-refractivity contribution is 0.303. The Bertz CT molecular complexity index is 497. The maximum atomic E-state index is 5.71. The van der Waals surface area contributed by atoms with Crippen LogP contribution in [0.2, 0.25) is 0 Å². The van der Waals surface area contributed by atoms with Gasteiger partial charge < -0.3 is 15.2 Å². The van der Waals surface area contributed by atoms with Gasteiger partial charge in [0, 0.05) is 18.2 Å². The Morgan fingerprint density at radius 1 is 1.06 bits per heavy atom. The first kappa shape index (κ1) is 12.5. The van der Waals surface area contributed by atoms with Crippen molar-refractivity contribution in [2.75, 3.05) is 7.11 Å². The highest BCUT2D eigenvalue weighted by Gasteiger charge is 2.03. The summed E-state index contributed by atoms with van der Waals surface area (Å²) < 4.78 is 11.0. The first-order valence-electron chi connectivity index (χ1n) is 5.87. The number of methoxy groups -OCH3 is 1. The van der Waals surface area contributed by atoms with Gasteiger partial charge in [0.25, 0.3) is 0 Å². The number of rotatable bonds is 5. The minimum atomic E-state index is 0.460. The summed E-state index contributed by atoms with van der Waals surface area (Å²) in [6.45, 7) is 1.01. The molecule has 0 spiro atoms. The topological polar surface area (TPSA) is 44.5 Å². The fraction of sp³-hybridized carbons (Fsp3) is 0.200. The van der Waals surface area contributed by atoms with E-state index in [1.165, 1.54) is 0 Å². The van der Waals surface area contributed by atoms with Gasteiger partial charge in [-0.05, 0) is 11.6 Å². The molecule has 3 heteroatoms. The van der Waals surface area contributed by atoms with E-state index in [-0.39, 0.29) is 0 Å². The van der Waals surface area contributed by atoms with Crippen LogP contribution in [-0.4, -0.2) is 7.11 Å². The molecule has 18 heavy (non-hydrogen) atoms. The Balaban J connectivity index is 2.06. The highest BCUT2D eigenvalue weighted by Crippen LogP contribution is 2.24. The SMILES string of the molecule is COc1cc(OCc2ccccc2)ccc1CN. The molecule has 0 unspecified atom stereocenters. The molecule has 3 nitrogen and oxygen atoms in total. The van der Waals surface area contributed by atoms with Crippen molar-refractivity contribution in [3.8, 4) is 11.5 Å². The summed E-state index contributed by atoms with van der Waals surface area (Å²) in [7, 11) is 1.63. The number of hydrogen-bond donors (Lipinski definition) is 1. The van der Waals surface area contributed by atoms with Gasteiger partial charge >= 0.3 is 0 Å². The summed E-state index contributed by atoms with van der Waals surface area (Å²) in [5.41, 5.74) is 7.74.